The molecule has 5 N–H and O–H groups in total. The standard InChI is InChI=1S/C26H33F3N6O3/c1-26(34-17-4-2-14(3-5-17)25(37)30-7-8-36)31-12-20-23(35-26)21(15-6-9-38-13-15)24(32-20)33-22-18(28)10-16(27)11-19(22)29/h10-12,14-15,17,21,34-36H,2-9,13H2,1H3,(H,30,37)(H,32,33)/t14?,15-,17?,21?,26?/m1/s1. The lowest BCUT2D eigenvalue weighted by molar-refractivity contribution is -0.126. The number of rotatable bonds is 7. The molecule has 206 valence electrons. The van der Waals surface area contributed by atoms with Gasteiger partial charge in [-0.1, -0.05) is 0 Å². The van der Waals surface area contributed by atoms with E-state index in [9.17, 15) is 18.0 Å². The molecular weight excluding hydrogens is 501 g/mol. The molecule has 2 unspecified atom stereocenters. The minimum Gasteiger partial charge on any atom is -0.395 e. The third-order valence-electron chi connectivity index (χ3n) is 7.63. The van der Waals surface area contributed by atoms with E-state index in [1.165, 1.54) is 0 Å². The Morgan fingerprint density at radius 1 is 1.21 bits per heavy atom. The molecule has 38 heavy (non-hydrogen) atoms. The molecule has 1 amide bonds. The van der Waals surface area contributed by atoms with Crippen molar-refractivity contribution in [2.24, 2.45) is 27.7 Å². The summed E-state index contributed by atoms with van der Waals surface area (Å²) in [7, 11) is 0. The van der Waals surface area contributed by atoms with Crippen molar-refractivity contribution in [2.45, 2.75) is 50.9 Å². The maximum atomic E-state index is 14.4. The van der Waals surface area contributed by atoms with Crippen molar-refractivity contribution in [1.82, 2.24) is 21.3 Å². The van der Waals surface area contributed by atoms with Gasteiger partial charge < -0.3 is 25.8 Å². The summed E-state index contributed by atoms with van der Waals surface area (Å²) >= 11 is 0. The highest BCUT2D eigenvalue weighted by Gasteiger charge is 2.44. The molecule has 1 aliphatic carbocycles. The maximum Gasteiger partial charge on any atom is 0.223 e. The normalized spacial score (nSPS) is 31.8. The van der Waals surface area contributed by atoms with Crippen molar-refractivity contribution in [3.63, 3.8) is 0 Å². The van der Waals surface area contributed by atoms with E-state index in [-0.39, 0.29) is 42.9 Å². The van der Waals surface area contributed by atoms with Gasteiger partial charge in [-0.05, 0) is 44.9 Å². The predicted octanol–water partition coefficient (Wildman–Crippen LogP) is 2.21. The van der Waals surface area contributed by atoms with Crippen LogP contribution in [-0.2, 0) is 9.53 Å². The molecule has 12 heteroatoms. The fourth-order valence-electron chi connectivity index (χ4n) is 5.75. The van der Waals surface area contributed by atoms with E-state index in [1.54, 1.807) is 6.21 Å². The summed E-state index contributed by atoms with van der Waals surface area (Å²) < 4.78 is 47.9. The molecule has 3 heterocycles. The Bertz CT molecular complexity index is 1140. The first-order valence-corrected chi connectivity index (χ1v) is 13.1. The van der Waals surface area contributed by atoms with Crippen LogP contribution in [0.25, 0.3) is 0 Å². The van der Waals surface area contributed by atoms with E-state index < -0.39 is 28.9 Å². The van der Waals surface area contributed by atoms with E-state index in [1.807, 2.05) is 6.92 Å². The van der Waals surface area contributed by atoms with Crippen LogP contribution >= 0.6 is 0 Å². The summed E-state index contributed by atoms with van der Waals surface area (Å²) in [5.41, 5.74) is 0.923. The number of ether oxygens (including phenoxy) is 1. The van der Waals surface area contributed by atoms with Crippen molar-refractivity contribution in [1.29, 1.82) is 0 Å². The molecule has 0 spiro atoms. The van der Waals surface area contributed by atoms with E-state index in [2.05, 4.69) is 31.3 Å². The monoisotopic (exact) mass is 534 g/mol. The van der Waals surface area contributed by atoms with Gasteiger partial charge in [0.05, 0.1) is 36.7 Å². The average molecular weight is 535 g/mol. The van der Waals surface area contributed by atoms with E-state index >= 15 is 0 Å². The minimum absolute atomic E-state index is 0.0215. The number of amides is 1. The number of halogens is 3. The highest BCUT2D eigenvalue weighted by Crippen LogP contribution is 2.37. The van der Waals surface area contributed by atoms with Crippen molar-refractivity contribution < 1.29 is 27.8 Å². The van der Waals surface area contributed by atoms with Crippen LogP contribution in [-0.4, -0.2) is 61.3 Å². The van der Waals surface area contributed by atoms with Crippen molar-refractivity contribution in [3.05, 3.63) is 41.0 Å². The largest absolute Gasteiger partial charge is 0.395 e. The topological polar surface area (TPSA) is 119 Å². The van der Waals surface area contributed by atoms with Gasteiger partial charge in [0.15, 0.2) is 17.4 Å². The number of aliphatic imine (C=N–C) groups is 2. The molecule has 3 atom stereocenters. The van der Waals surface area contributed by atoms with E-state index in [4.69, 9.17) is 9.84 Å². The van der Waals surface area contributed by atoms with Crippen LogP contribution in [0.3, 0.4) is 0 Å². The van der Waals surface area contributed by atoms with Gasteiger partial charge in [0, 0.05) is 37.2 Å². The summed E-state index contributed by atoms with van der Waals surface area (Å²) in [6.45, 7) is 3.16. The Balaban J connectivity index is 1.31. The second-order valence-corrected chi connectivity index (χ2v) is 10.4. The molecule has 2 fully saturated rings. The summed E-state index contributed by atoms with van der Waals surface area (Å²) in [5, 5.41) is 21.9. The van der Waals surface area contributed by atoms with Crippen molar-refractivity contribution >= 4 is 23.6 Å². The van der Waals surface area contributed by atoms with Crippen molar-refractivity contribution in [2.75, 3.05) is 26.4 Å². The number of allylic oxidation sites excluding steroid dienone is 1. The van der Waals surface area contributed by atoms with Gasteiger partial charge in [-0.3, -0.25) is 10.1 Å². The summed E-state index contributed by atoms with van der Waals surface area (Å²) in [6.07, 6.45) is 5.50. The molecule has 0 radical (unpaired) electrons. The smallest absolute Gasteiger partial charge is 0.223 e. The van der Waals surface area contributed by atoms with Crippen LogP contribution in [0.4, 0.5) is 18.9 Å². The van der Waals surface area contributed by atoms with Crippen LogP contribution in [0.1, 0.15) is 39.0 Å². The molecule has 4 aliphatic rings. The number of carbonyl (C=O) groups is 1. The fourth-order valence-corrected chi connectivity index (χ4v) is 5.75. The first kappa shape index (κ1) is 26.6. The summed E-state index contributed by atoms with van der Waals surface area (Å²) in [4.78, 5) is 21.2. The highest BCUT2D eigenvalue weighted by molar-refractivity contribution is 6.01. The molecule has 0 bridgehead atoms. The number of nitrogens with one attached hydrogen (secondary N) is 4. The SMILES string of the molecule is CC1(NC2CCC(C(=O)NCCO)CC2)N=CC2=C(N1)C([C@@H]1CCOC1)C(=Nc1c(F)cc(F)cc1F)N2. The minimum atomic E-state index is -1.07. The molecule has 1 aromatic rings. The van der Waals surface area contributed by atoms with Gasteiger partial charge >= 0.3 is 0 Å². The summed E-state index contributed by atoms with van der Waals surface area (Å²) in [5.74, 6) is -4.03. The Labute approximate surface area is 219 Å². The zero-order valence-electron chi connectivity index (χ0n) is 21.2. The summed E-state index contributed by atoms with van der Waals surface area (Å²) in [6, 6.07) is 1.36. The second-order valence-electron chi connectivity index (χ2n) is 10.4. The zero-order chi connectivity index (χ0) is 26.9. The van der Waals surface area contributed by atoms with Crippen LogP contribution in [0.5, 0.6) is 0 Å². The number of benzene rings is 1. The van der Waals surface area contributed by atoms with Gasteiger partial charge in [0.2, 0.25) is 5.91 Å². The predicted molar refractivity (Wildman–Crippen MR) is 135 cm³/mol. The first-order chi connectivity index (χ1) is 18.3. The molecule has 5 rings (SSSR count). The number of nitrogens with zero attached hydrogens (tertiary/aromatic N) is 2. The van der Waals surface area contributed by atoms with Gasteiger partial charge in [0.1, 0.15) is 17.3 Å². The van der Waals surface area contributed by atoms with E-state index in [0.717, 1.165) is 37.8 Å². The lowest BCUT2D eigenvalue weighted by atomic mass is 9.85. The van der Waals surface area contributed by atoms with Crippen LogP contribution < -0.4 is 21.3 Å². The van der Waals surface area contributed by atoms with E-state index in [0.29, 0.717) is 36.9 Å². The average Bonchev–Trinajstić information content (AvgIpc) is 3.52. The Morgan fingerprint density at radius 2 is 1.95 bits per heavy atom. The van der Waals surface area contributed by atoms with Gasteiger partial charge in [-0.2, -0.15) is 0 Å². The molecule has 1 aromatic carbocycles. The number of carbonyl (C=O) groups excluding carboxylic acids is 1. The second kappa shape index (κ2) is 11.0. The Kier molecular flexibility index (Phi) is 7.73. The van der Waals surface area contributed by atoms with Crippen LogP contribution in [0, 0.1) is 35.2 Å². The molecule has 3 aliphatic heterocycles. The van der Waals surface area contributed by atoms with Gasteiger partial charge in [-0.25, -0.2) is 23.2 Å². The van der Waals surface area contributed by atoms with Gasteiger partial charge in [-0.15, -0.1) is 0 Å². The highest BCUT2D eigenvalue weighted by atomic mass is 19.1. The lowest BCUT2D eigenvalue weighted by Gasteiger charge is -2.39. The first-order valence-electron chi connectivity index (χ1n) is 13.1. The number of aliphatic hydroxyl groups is 1. The van der Waals surface area contributed by atoms with Crippen molar-refractivity contribution in [3.8, 4) is 0 Å². The number of hydrogen-bond donors (Lipinski definition) is 5. The maximum absolute atomic E-state index is 14.4. The number of amidine groups is 1. The molecular formula is C26H33F3N6O3. The van der Waals surface area contributed by atoms with Crippen LogP contribution in [0.15, 0.2) is 33.5 Å². The Morgan fingerprint density at radius 3 is 2.61 bits per heavy atom. The van der Waals surface area contributed by atoms with Crippen LogP contribution in [0.2, 0.25) is 0 Å². The zero-order valence-corrected chi connectivity index (χ0v) is 21.2. The molecule has 9 nitrogen and oxygen atoms in total. The van der Waals surface area contributed by atoms with Gasteiger partial charge in [0.25, 0.3) is 0 Å². The molecule has 0 aromatic heterocycles. The molecule has 1 saturated heterocycles. The molecule has 1 saturated carbocycles. The number of aliphatic hydroxyl groups excluding tert-OH is 1. The Hall–Kier alpha value is -2.96. The third-order valence-corrected chi connectivity index (χ3v) is 7.63. The quantitative estimate of drug-likeness (QED) is 0.366. The number of hydrogen-bond acceptors (Lipinski definition) is 7. The lowest BCUT2D eigenvalue weighted by Crippen LogP contribution is -2.59. The fraction of sp³-hybridized carbons (Fsp3) is 0.577. The third kappa shape index (κ3) is 5.57.